The highest BCUT2D eigenvalue weighted by atomic mass is 32.2. The van der Waals surface area contributed by atoms with Crippen LogP contribution in [0.4, 0.5) is 10.1 Å². The first-order valence-corrected chi connectivity index (χ1v) is 6.42. The molecule has 0 unspecified atom stereocenters. The Bertz CT molecular complexity index is 474. The van der Waals surface area contributed by atoms with Gasteiger partial charge in [0, 0.05) is 13.6 Å². The van der Waals surface area contributed by atoms with Gasteiger partial charge in [0.25, 0.3) is 0 Å². The topological polar surface area (TPSA) is 63.4 Å². The van der Waals surface area contributed by atoms with E-state index in [4.69, 9.17) is 5.73 Å². The second kappa shape index (κ2) is 4.80. The van der Waals surface area contributed by atoms with Crippen molar-refractivity contribution >= 4 is 15.7 Å². The van der Waals surface area contributed by atoms with Gasteiger partial charge in [0.15, 0.2) is 0 Å². The van der Waals surface area contributed by atoms with Crippen LogP contribution in [0.25, 0.3) is 0 Å². The van der Waals surface area contributed by atoms with Crippen LogP contribution in [0, 0.1) is 12.7 Å². The molecule has 0 radical (unpaired) electrons. The Balaban J connectivity index is 3.05. The number of hydrogen-bond donors (Lipinski definition) is 1. The molecule has 0 fully saturated rings. The van der Waals surface area contributed by atoms with Crippen molar-refractivity contribution < 1.29 is 12.8 Å². The predicted octanol–water partition coefficient (Wildman–Crippen LogP) is 0.859. The van der Waals surface area contributed by atoms with Gasteiger partial charge in [0.2, 0.25) is 10.0 Å². The van der Waals surface area contributed by atoms with E-state index in [0.717, 1.165) is 4.31 Å². The van der Waals surface area contributed by atoms with Gasteiger partial charge in [-0.25, -0.2) is 12.8 Å². The van der Waals surface area contributed by atoms with Crippen molar-refractivity contribution in [1.82, 2.24) is 0 Å². The SMILES string of the molecule is Cc1cc(N(C)S(=O)(=O)CCN)ccc1F. The summed E-state index contributed by atoms with van der Waals surface area (Å²) in [4.78, 5) is 0. The zero-order valence-corrected chi connectivity index (χ0v) is 10.1. The molecule has 0 aliphatic heterocycles. The monoisotopic (exact) mass is 246 g/mol. The molecule has 0 aromatic heterocycles. The number of aryl methyl sites for hydroxylation is 1. The molecule has 0 heterocycles. The van der Waals surface area contributed by atoms with Gasteiger partial charge in [-0.1, -0.05) is 0 Å². The van der Waals surface area contributed by atoms with Crippen LogP contribution < -0.4 is 10.0 Å². The van der Waals surface area contributed by atoms with E-state index >= 15 is 0 Å². The zero-order valence-electron chi connectivity index (χ0n) is 9.27. The molecule has 0 atom stereocenters. The summed E-state index contributed by atoms with van der Waals surface area (Å²) in [6.07, 6.45) is 0. The van der Waals surface area contributed by atoms with E-state index in [2.05, 4.69) is 0 Å². The van der Waals surface area contributed by atoms with Gasteiger partial charge >= 0.3 is 0 Å². The van der Waals surface area contributed by atoms with Crippen LogP contribution in [0.3, 0.4) is 0 Å². The van der Waals surface area contributed by atoms with Crippen molar-refractivity contribution in [2.45, 2.75) is 6.92 Å². The Morgan fingerprint density at radius 2 is 2.06 bits per heavy atom. The summed E-state index contributed by atoms with van der Waals surface area (Å²) in [5, 5.41) is 0. The number of benzene rings is 1. The molecule has 1 rings (SSSR count). The molecule has 1 aromatic carbocycles. The third kappa shape index (κ3) is 2.70. The predicted molar refractivity (Wildman–Crippen MR) is 62.4 cm³/mol. The summed E-state index contributed by atoms with van der Waals surface area (Å²) in [5.41, 5.74) is 6.07. The molecule has 1 aromatic rings. The Kier molecular flexibility index (Phi) is 3.88. The molecule has 0 aliphatic rings. The number of hydrogen-bond acceptors (Lipinski definition) is 3. The highest BCUT2D eigenvalue weighted by Crippen LogP contribution is 2.19. The lowest BCUT2D eigenvalue weighted by Gasteiger charge is -2.19. The third-order valence-electron chi connectivity index (χ3n) is 2.30. The highest BCUT2D eigenvalue weighted by molar-refractivity contribution is 7.92. The first-order valence-electron chi connectivity index (χ1n) is 4.81. The van der Waals surface area contributed by atoms with E-state index in [9.17, 15) is 12.8 Å². The molecule has 2 N–H and O–H groups in total. The minimum Gasteiger partial charge on any atom is -0.329 e. The van der Waals surface area contributed by atoms with Crippen LogP contribution in [0.15, 0.2) is 18.2 Å². The number of nitrogens with zero attached hydrogens (tertiary/aromatic N) is 1. The fourth-order valence-corrected chi connectivity index (χ4v) is 2.28. The molecule has 0 amide bonds. The van der Waals surface area contributed by atoms with Crippen LogP contribution in [-0.4, -0.2) is 27.8 Å². The standard InChI is InChI=1S/C10H15FN2O2S/c1-8-7-9(3-4-10(8)11)13(2)16(14,15)6-5-12/h3-4,7H,5-6,12H2,1-2H3. The van der Waals surface area contributed by atoms with Gasteiger partial charge < -0.3 is 5.73 Å². The molecule has 0 saturated carbocycles. The molecule has 4 nitrogen and oxygen atoms in total. The van der Waals surface area contributed by atoms with E-state index < -0.39 is 10.0 Å². The zero-order chi connectivity index (χ0) is 12.3. The average molecular weight is 246 g/mol. The van der Waals surface area contributed by atoms with Gasteiger partial charge in [0.05, 0.1) is 11.4 Å². The van der Waals surface area contributed by atoms with Crippen molar-refractivity contribution in [3.63, 3.8) is 0 Å². The van der Waals surface area contributed by atoms with E-state index in [1.54, 1.807) is 6.92 Å². The third-order valence-corrected chi connectivity index (χ3v) is 4.10. The quantitative estimate of drug-likeness (QED) is 0.857. The van der Waals surface area contributed by atoms with Crippen LogP contribution in [-0.2, 0) is 10.0 Å². The van der Waals surface area contributed by atoms with Crippen molar-refractivity contribution in [1.29, 1.82) is 0 Å². The Morgan fingerprint density at radius 1 is 1.44 bits per heavy atom. The Morgan fingerprint density at radius 3 is 2.56 bits per heavy atom. The van der Waals surface area contributed by atoms with Crippen molar-refractivity contribution in [3.8, 4) is 0 Å². The van der Waals surface area contributed by atoms with Gasteiger partial charge in [-0.3, -0.25) is 4.31 Å². The Hall–Kier alpha value is -1.14. The smallest absolute Gasteiger partial charge is 0.236 e. The minimum absolute atomic E-state index is 0.0624. The number of halogens is 1. The second-order valence-electron chi connectivity index (χ2n) is 3.51. The molecule has 90 valence electrons. The maximum Gasteiger partial charge on any atom is 0.236 e. The molecule has 0 saturated heterocycles. The molecule has 0 spiro atoms. The normalized spacial score (nSPS) is 11.5. The summed E-state index contributed by atoms with van der Waals surface area (Å²) in [6.45, 7) is 1.65. The van der Waals surface area contributed by atoms with Gasteiger partial charge in [-0.15, -0.1) is 0 Å². The van der Waals surface area contributed by atoms with Gasteiger partial charge in [-0.05, 0) is 30.7 Å². The largest absolute Gasteiger partial charge is 0.329 e. The van der Waals surface area contributed by atoms with E-state index in [0.29, 0.717) is 11.3 Å². The summed E-state index contributed by atoms with van der Waals surface area (Å²) in [6, 6.07) is 4.17. The first-order chi connectivity index (χ1) is 7.38. The van der Waals surface area contributed by atoms with Crippen molar-refractivity contribution in [2.75, 3.05) is 23.7 Å². The van der Waals surface area contributed by atoms with E-state index in [1.807, 2.05) is 0 Å². The second-order valence-corrected chi connectivity index (χ2v) is 5.63. The lowest BCUT2D eigenvalue weighted by Crippen LogP contribution is -2.32. The van der Waals surface area contributed by atoms with Crippen molar-refractivity contribution in [3.05, 3.63) is 29.6 Å². The maximum atomic E-state index is 13.0. The molecule has 6 heteroatoms. The highest BCUT2D eigenvalue weighted by Gasteiger charge is 2.17. The number of sulfonamides is 1. The summed E-state index contributed by atoms with van der Waals surface area (Å²) in [5.74, 6) is -0.478. The Labute approximate surface area is 94.9 Å². The lowest BCUT2D eigenvalue weighted by atomic mass is 10.2. The molecule has 16 heavy (non-hydrogen) atoms. The average Bonchev–Trinajstić information content (AvgIpc) is 2.21. The summed E-state index contributed by atoms with van der Waals surface area (Å²) >= 11 is 0. The minimum atomic E-state index is -3.41. The number of nitrogens with two attached hydrogens (primary N) is 1. The van der Waals surface area contributed by atoms with Gasteiger partial charge in [0.1, 0.15) is 5.82 Å². The van der Waals surface area contributed by atoms with E-state index in [-0.39, 0.29) is 18.1 Å². The van der Waals surface area contributed by atoms with Gasteiger partial charge in [-0.2, -0.15) is 0 Å². The number of anilines is 1. The number of rotatable bonds is 4. The summed E-state index contributed by atoms with van der Waals surface area (Å²) in [7, 11) is -1.98. The first kappa shape index (κ1) is 12.9. The fraction of sp³-hybridized carbons (Fsp3) is 0.400. The van der Waals surface area contributed by atoms with Crippen molar-refractivity contribution in [2.24, 2.45) is 5.73 Å². The van der Waals surface area contributed by atoms with Crippen LogP contribution >= 0.6 is 0 Å². The fourth-order valence-electron chi connectivity index (χ4n) is 1.27. The van der Waals surface area contributed by atoms with Crippen LogP contribution in [0.1, 0.15) is 5.56 Å². The summed E-state index contributed by atoms with van der Waals surface area (Å²) < 4.78 is 37.5. The van der Waals surface area contributed by atoms with Crippen LogP contribution in [0.5, 0.6) is 0 Å². The molecular weight excluding hydrogens is 231 g/mol. The maximum absolute atomic E-state index is 13.0. The molecular formula is C10H15FN2O2S. The van der Waals surface area contributed by atoms with Crippen LogP contribution in [0.2, 0.25) is 0 Å². The van der Waals surface area contributed by atoms with E-state index in [1.165, 1.54) is 25.2 Å². The molecule has 0 aliphatic carbocycles. The lowest BCUT2D eigenvalue weighted by molar-refractivity contribution is 0.593. The molecule has 0 bridgehead atoms.